The number of ether oxygens (including phenoxy) is 2. The number of nitrogens with zero attached hydrogens (tertiary/aromatic N) is 6. The van der Waals surface area contributed by atoms with Crippen LogP contribution in [0.4, 0.5) is 10.5 Å². The molecule has 0 spiro atoms. The van der Waals surface area contributed by atoms with E-state index < -0.39 is 0 Å². The van der Waals surface area contributed by atoms with Crippen molar-refractivity contribution in [1.29, 1.82) is 0 Å². The molecule has 0 aromatic carbocycles. The summed E-state index contributed by atoms with van der Waals surface area (Å²) in [6.07, 6.45) is 11.9. The fraction of sp³-hybridized carbons (Fsp3) is 0.556. The molecule has 3 amide bonds. The number of hydrogen-bond donors (Lipinski definition) is 4. The summed E-state index contributed by atoms with van der Waals surface area (Å²) in [5, 5.41) is 12.9. The molecule has 5 aliphatic rings. The third-order valence-corrected chi connectivity index (χ3v) is 11.1. The van der Waals surface area contributed by atoms with Crippen molar-refractivity contribution in [2.75, 3.05) is 63.9 Å². The number of thioether (sulfide) groups is 1. The van der Waals surface area contributed by atoms with Crippen molar-refractivity contribution in [2.24, 2.45) is 0 Å². The molecule has 2 aromatic rings. The highest BCUT2D eigenvalue weighted by atomic mass is 32.2. The van der Waals surface area contributed by atoms with Crippen LogP contribution in [0.2, 0.25) is 0 Å². The zero-order valence-corrected chi connectivity index (χ0v) is 30.0. The largest absolute Gasteiger partial charge is 0.383 e. The van der Waals surface area contributed by atoms with E-state index in [0.29, 0.717) is 51.2 Å². The van der Waals surface area contributed by atoms with E-state index in [1.165, 1.54) is 0 Å². The van der Waals surface area contributed by atoms with Gasteiger partial charge in [0.05, 0.1) is 101 Å². The molecule has 2 aromatic heterocycles. The molecular weight excluding hydrogens is 669 g/mol. The number of aromatic nitrogens is 2. The van der Waals surface area contributed by atoms with Gasteiger partial charge >= 0.3 is 6.03 Å². The highest BCUT2D eigenvalue weighted by Gasteiger charge is 2.42. The number of anilines is 1. The van der Waals surface area contributed by atoms with Crippen LogP contribution in [0, 0.1) is 0 Å². The quantitative estimate of drug-likeness (QED) is 0.159. The number of carbonyl (C=O) groups excluding carboxylic acids is 2. The third-order valence-electron chi connectivity index (χ3n) is 9.56. The molecule has 3 atom stereocenters. The Balaban J connectivity index is 0.772. The van der Waals surface area contributed by atoms with Crippen LogP contribution in [-0.4, -0.2) is 117 Å². The number of fused-ring (bicyclic) bond motifs is 9. The summed E-state index contributed by atoms with van der Waals surface area (Å²) >= 11 is 1.91. The molecule has 274 valence electrons. The van der Waals surface area contributed by atoms with E-state index >= 15 is 0 Å². The molecule has 0 aliphatic carbocycles. The fourth-order valence-corrected chi connectivity index (χ4v) is 8.65. The monoisotopic (exact) mass is 718 g/mol. The van der Waals surface area contributed by atoms with Crippen LogP contribution in [-0.2, 0) is 40.4 Å². The number of nitrogens with one attached hydrogen (secondary N) is 4. The van der Waals surface area contributed by atoms with Crippen molar-refractivity contribution in [3.05, 3.63) is 77.9 Å². The predicted molar refractivity (Wildman–Crippen MR) is 196 cm³/mol. The first kappa shape index (κ1) is 35.2. The predicted octanol–water partition coefficient (Wildman–Crippen LogP) is 2.57. The summed E-state index contributed by atoms with van der Waals surface area (Å²) in [4.78, 5) is 42.8. The Bertz CT molecular complexity index is 1500. The van der Waals surface area contributed by atoms with Gasteiger partial charge in [-0.2, -0.15) is 11.8 Å². The standard InChI is InChI=1S/C36H50N10O4S/c47-34(7-2-1-6-33-35-32(24-51-33)41-36(48)42-35)38-9-15-50-17-16-49-14-8-37-29-18-30-22-45-12-10-43(25-45)20-27-4-3-5-28(39-27)21-44-11-13-46(26-44)23-31(19-29)40-30/h3-5,10-13,18-19,32-33,35H,1-2,6-9,14-17,20-26H2,(H,37,40)(H,38,47)(H2,41,42,48). The van der Waals surface area contributed by atoms with Gasteiger partial charge in [-0.3, -0.25) is 14.8 Å². The first-order chi connectivity index (χ1) is 25.0. The molecule has 15 heteroatoms. The number of amides is 3. The second-order valence-electron chi connectivity index (χ2n) is 13.7. The molecule has 0 saturated carbocycles. The number of rotatable bonds is 15. The Morgan fingerprint density at radius 3 is 2.08 bits per heavy atom. The normalized spacial score (nSPS) is 22.0. The maximum atomic E-state index is 12.2. The lowest BCUT2D eigenvalue weighted by atomic mass is 10.0. The van der Waals surface area contributed by atoms with E-state index in [4.69, 9.17) is 19.4 Å². The van der Waals surface area contributed by atoms with E-state index in [1.807, 2.05) is 11.8 Å². The first-order valence-corrected chi connectivity index (χ1v) is 19.2. The van der Waals surface area contributed by atoms with Crippen LogP contribution < -0.4 is 21.3 Å². The first-order valence-electron chi connectivity index (χ1n) is 18.1. The third kappa shape index (κ3) is 10.2. The number of unbranched alkanes of at least 4 members (excludes halogenated alkanes) is 1. The van der Waals surface area contributed by atoms with Crippen molar-refractivity contribution >= 4 is 29.4 Å². The van der Waals surface area contributed by atoms with Crippen LogP contribution in [0.1, 0.15) is 48.5 Å². The topological polar surface area (TPSA) is 139 Å². The van der Waals surface area contributed by atoms with Gasteiger partial charge in [0.2, 0.25) is 5.91 Å². The zero-order valence-electron chi connectivity index (χ0n) is 29.2. The number of pyridine rings is 2. The van der Waals surface area contributed by atoms with Gasteiger partial charge in [-0.15, -0.1) is 0 Å². The molecule has 51 heavy (non-hydrogen) atoms. The number of carbonyl (C=O) groups is 2. The highest BCUT2D eigenvalue weighted by Crippen LogP contribution is 2.33. The van der Waals surface area contributed by atoms with Crippen LogP contribution in [0.3, 0.4) is 0 Å². The van der Waals surface area contributed by atoms with Crippen LogP contribution in [0.15, 0.2) is 55.1 Å². The minimum absolute atomic E-state index is 0.0535. The van der Waals surface area contributed by atoms with Gasteiger partial charge in [0.25, 0.3) is 0 Å². The van der Waals surface area contributed by atoms with Crippen molar-refractivity contribution in [3.63, 3.8) is 0 Å². The second-order valence-corrected chi connectivity index (χ2v) is 15.0. The van der Waals surface area contributed by atoms with E-state index in [-0.39, 0.29) is 24.0 Å². The Kier molecular flexibility index (Phi) is 12.0. The molecule has 7 rings (SSSR count). The summed E-state index contributed by atoms with van der Waals surface area (Å²) in [6.45, 7) is 7.74. The zero-order chi connectivity index (χ0) is 34.8. The molecule has 2 saturated heterocycles. The summed E-state index contributed by atoms with van der Waals surface area (Å²) < 4.78 is 11.5. The van der Waals surface area contributed by atoms with Gasteiger partial charge in [0, 0.05) is 61.0 Å². The number of hydrogen-bond acceptors (Lipinski definition) is 12. The molecule has 0 radical (unpaired) electrons. The van der Waals surface area contributed by atoms with E-state index in [0.717, 1.165) is 93.0 Å². The SMILES string of the molecule is O=C(CCCCC1SCC2NC(=O)NC21)NCCOCCOCCNc1cc2nc(c1)CN1C=CN(Cc3cccc(n3)CN3C=CN(C2)C3)C1. The average molecular weight is 719 g/mol. The summed E-state index contributed by atoms with van der Waals surface area (Å²) in [6, 6.07) is 11.0. The molecule has 14 nitrogen and oxygen atoms in total. The molecule has 7 heterocycles. The Hall–Kier alpha value is -4.21. The Labute approximate surface area is 304 Å². The van der Waals surface area contributed by atoms with E-state index in [9.17, 15) is 9.59 Å². The lowest BCUT2D eigenvalue weighted by Gasteiger charge is -2.24. The van der Waals surface area contributed by atoms with Gasteiger partial charge in [-0.25, -0.2) is 4.79 Å². The van der Waals surface area contributed by atoms with Crippen LogP contribution in [0.5, 0.6) is 0 Å². The smallest absolute Gasteiger partial charge is 0.315 e. The second kappa shape index (κ2) is 17.3. The Morgan fingerprint density at radius 1 is 0.804 bits per heavy atom. The van der Waals surface area contributed by atoms with Gasteiger partial charge in [-0.1, -0.05) is 12.5 Å². The van der Waals surface area contributed by atoms with Crippen molar-refractivity contribution in [3.8, 4) is 0 Å². The molecular formula is C36H50N10O4S. The summed E-state index contributed by atoms with van der Waals surface area (Å²) in [5.41, 5.74) is 5.23. The molecule has 8 bridgehead atoms. The summed E-state index contributed by atoms with van der Waals surface area (Å²) in [5.74, 6) is 1.02. The average Bonchev–Trinajstić information content (AvgIpc) is 3.90. The van der Waals surface area contributed by atoms with Crippen molar-refractivity contribution < 1.29 is 19.1 Å². The maximum absolute atomic E-state index is 12.2. The van der Waals surface area contributed by atoms with Crippen molar-refractivity contribution in [1.82, 2.24) is 45.5 Å². The van der Waals surface area contributed by atoms with Gasteiger partial charge in [-0.05, 0) is 37.1 Å². The van der Waals surface area contributed by atoms with E-state index in [2.05, 4.69) is 96.0 Å². The van der Waals surface area contributed by atoms with Gasteiger partial charge < -0.3 is 50.3 Å². The van der Waals surface area contributed by atoms with E-state index in [1.54, 1.807) is 0 Å². The van der Waals surface area contributed by atoms with Gasteiger partial charge in [0.1, 0.15) is 0 Å². The molecule has 3 unspecified atom stereocenters. The fourth-order valence-electron chi connectivity index (χ4n) is 7.11. The van der Waals surface area contributed by atoms with Crippen LogP contribution >= 0.6 is 11.8 Å². The lowest BCUT2D eigenvalue weighted by Crippen LogP contribution is -2.36. The van der Waals surface area contributed by atoms with Gasteiger partial charge in [0.15, 0.2) is 0 Å². The lowest BCUT2D eigenvalue weighted by molar-refractivity contribution is -0.121. The van der Waals surface area contributed by atoms with Crippen LogP contribution in [0.25, 0.3) is 0 Å². The molecule has 2 fully saturated rings. The number of urea groups is 1. The highest BCUT2D eigenvalue weighted by molar-refractivity contribution is 8.00. The van der Waals surface area contributed by atoms with Crippen molar-refractivity contribution in [2.45, 2.75) is 69.2 Å². The summed E-state index contributed by atoms with van der Waals surface area (Å²) in [7, 11) is 0. The molecule has 4 N–H and O–H groups in total. The minimum atomic E-state index is -0.0535. The minimum Gasteiger partial charge on any atom is -0.383 e. The maximum Gasteiger partial charge on any atom is 0.315 e. The Morgan fingerprint density at radius 2 is 1.41 bits per heavy atom. The molecule has 5 aliphatic heterocycles.